The van der Waals surface area contributed by atoms with Crippen LogP contribution in [0.4, 0.5) is 5.69 Å². The number of thiophene rings is 1. The van der Waals surface area contributed by atoms with E-state index in [1.807, 2.05) is 11.4 Å². The first-order valence-electron chi connectivity index (χ1n) is 8.21. The predicted octanol–water partition coefficient (Wildman–Crippen LogP) is 4.65. The summed E-state index contributed by atoms with van der Waals surface area (Å²) in [4.78, 5) is 13.6. The predicted molar refractivity (Wildman–Crippen MR) is 109 cm³/mol. The van der Waals surface area contributed by atoms with E-state index < -0.39 is 0 Å². The summed E-state index contributed by atoms with van der Waals surface area (Å²) in [6.07, 6.45) is 0. The van der Waals surface area contributed by atoms with E-state index in [4.69, 9.17) is 23.2 Å². The third-order valence-corrected chi connectivity index (χ3v) is 5.53. The summed E-state index contributed by atoms with van der Waals surface area (Å²) >= 11 is 13.7. The van der Waals surface area contributed by atoms with Crippen molar-refractivity contribution in [3.8, 4) is 0 Å². The molecule has 1 aromatic heterocycles. The van der Waals surface area contributed by atoms with Crippen LogP contribution in [0, 0.1) is 6.92 Å². The highest BCUT2D eigenvalue weighted by atomic mass is 35.5. The Morgan fingerprint density at radius 1 is 1.15 bits per heavy atom. The summed E-state index contributed by atoms with van der Waals surface area (Å²) in [6.45, 7) is 2.35. The first-order valence-corrected chi connectivity index (χ1v) is 9.84. The molecule has 0 aliphatic heterocycles. The maximum Gasteiger partial charge on any atom is 0.279 e. The summed E-state index contributed by atoms with van der Waals surface area (Å²) in [5, 5.41) is 7.90. The molecule has 0 unspecified atom stereocenters. The first kappa shape index (κ1) is 18.9. The second-order valence-electron chi connectivity index (χ2n) is 6.02. The van der Waals surface area contributed by atoms with Crippen LogP contribution in [-0.2, 0) is 4.79 Å². The van der Waals surface area contributed by atoms with E-state index >= 15 is 0 Å². The van der Waals surface area contributed by atoms with Crippen molar-refractivity contribution < 1.29 is 10.1 Å². The quantitative estimate of drug-likeness (QED) is 0.615. The smallest absolute Gasteiger partial charge is 0.279 e. The maximum absolute atomic E-state index is 12.4. The second kappa shape index (κ2) is 8.69. The van der Waals surface area contributed by atoms with Gasteiger partial charge in [-0.05, 0) is 36.6 Å². The van der Waals surface area contributed by atoms with Crippen molar-refractivity contribution in [3.05, 3.63) is 86.0 Å². The molecule has 3 nitrogen and oxygen atoms in total. The Kier molecular flexibility index (Phi) is 6.33. The Hall–Kier alpha value is -1.85. The van der Waals surface area contributed by atoms with Crippen LogP contribution < -0.4 is 10.6 Å². The van der Waals surface area contributed by atoms with Crippen molar-refractivity contribution in [1.29, 1.82) is 0 Å². The number of carbonyl (C=O) groups is 1. The molecule has 0 saturated carbocycles. The minimum Gasteiger partial charge on any atom is -0.328 e. The SMILES string of the molecule is Cc1ccc([C@@H]([NH2+]CC(=O)Nc2ccc(Cl)cc2Cl)c2cccs2)cc1. The van der Waals surface area contributed by atoms with Crippen molar-refractivity contribution in [3.63, 3.8) is 0 Å². The third kappa shape index (κ3) is 4.86. The number of benzene rings is 2. The lowest BCUT2D eigenvalue weighted by Crippen LogP contribution is -2.87. The Morgan fingerprint density at radius 2 is 1.92 bits per heavy atom. The summed E-state index contributed by atoms with van der Waals surface area (Å²) in [6, 6.07) is 17.7. The zero-order valence-corrected chi connectivity index (χ0v) is 16.5. The highest BCUT2D eigenvalue weighted by Gasteiger charge is 2.20. The molecule has 0 aliphatic rings. The lowest BCUT2D eigenvalue weighted by atomic mass is 10.0. The van der Waals surface area contributed by atoms with E-state index in [-0.39, 0.29) is 18.5 Å². The normalized spacial score (nSPS) is 12.0. The number of hydrogen-bond acceptors (Lipinski definition) is 2. The molecule has 0 spiro atoms. The molecular formula is C20H19Cl2N2OS+. The molecule has 3 aromatic rings. The van der Waals surface area contributed by atoms with Gasteiger partial charge in [0.25, 0.3) is 5.91 Å². The van der Waals surface area contributed by atoms with Crippen molar-refractivity contribution in [2.75, 3.05) is 11.9 Å². The second-order valence-corrected chi connectivity index (χ2v) is 7.84. The number of quaternary nitrogens is 1. The van der Waals surface area contributed by atoms with Crippen molar-refractivity contribution in [2.45, 2.75) is 13.0 Å². The number of halogens is 2. The number of aryl methyl sites for hydroxylation is 1. The molecular weight excluding hydrogens is 387 g/mol. The topological polar surface area (TPSA) is 45.7 Å². The number of amides is 1. The largest absolute Gasteiger partial charge is 0.328 e. The zero-order valence-electron chi connectivity index (χ0n) is 14.2. The van der Waals surface area contributed by atoms with Gasteiger partial charge in [0.1, 0.15) is 6.04 Å². The zero-order chi connectivity index (χ0) is 18.5. The number of nitrogens with two attached hydrogens (primary N) is 1. The summed E-state index contributed by atoms with van der Waals surface area (Å²) in [5.74, 6) is -0.108. The van der Waals surface area contributed by atoms with Crippen LogP contribution in [0.3, 0.4) is 0 Å². The molecule has 0 aliphatic carbocycles. The molecule has 1 atom stereocenters. The molecule has 3 N–H and O–H groups in total. The van der Waals surface area contributed by atoms with E-state index in [0.717, 1.165) is 0 Å². The number of carbonyl (C=O) groups excluding carboxylic acids is 1. The number of hydrogen-bond donors (Lipinski definition) is 2. The van der Waals surface area contributed by atoms with Crippen molar-refractivity contribution >= 4 is 46.1 Å². The monoisotopic (exact) mass is 405 g/mol. The van der Waals surface area contributed by atoms with Gasteiger partial charge < -0.3 is 10.6 Å². The Labute approximate surface area is 167 Å². The molecule has 134 valence electrons. The molecule has 6 heteroatoms. The number of anilines is 1. The van der Waals surface area contributed by atoms with Gasteiger partial charge in [0.05, 0.1) is 15.6 Å². The average molecular weight is 406 g/mol. The van der Waals surface area contributed by atoms with Crippen LogP contribution in [-0.4, -0.2) is 12.5 Å². The molecule has 2 aromatic carbocycles. The van der Waals surface area contributed by atoms with E-state index in [1.165, 1.54) is 16.0 Å². The van der Waals surface area contributed by atoms with E-state index in [1.54, 1.807) is 29.5 Å². The van der Waals surface area contributed by atoms with E-state index in [9.17, 15) is 4.79 Å². The fraction of sp³-hybridized carbons (Fsp3) is 0.150. The summed E-state index contributed by atoms with van der Waals surface area (Å²) < 4.78 is 0. The van der Waals surface area contributed by atoms with Gasteiger partial charge in [-0.3, -0.25) is 4.79 Å². The molecule has 1 heterocycles. The molecule has 1 amide bonds. The molecule has 0 fully saturated rings. The number of rotatable bonds is 6. The van der Waals surface area contributed by atoms with Crippen LogP contribution in [0.25, 0.3) is 0 Å². The highest BCUT2D eigenvalue weighted by Crippen LogP contribution is 2.25. The van der Waals surface area contributed by atoms with Gasteiger partial charge in [-0.1, -0.05) is 59.1 Å². The lowest BCUT2D eigenvalue weighted by molar-refractivity contribution is -0.675. The van der Waals surface area contributed by atoms with E-state index in [2.05, 4.69) is 48.0 Å². The van der Waals surface area contributed by atoms with Gasteiger partial charge >= 0.3 is 0 Å². The summed E-state index contributed by atoms with van der Waals surface area (Å²) in [7, 11) is 0. The van der Waals surface area contributed by atoms with Crippen LogP contribution >= 0.6 is 34.5 Å². The highest BCUT2D eigenvalue weighted by molar-refractivity contribution is 7.10. The van der Waals surface area contributed by atoms with Gasteiger partial charge in [-0.15, -0.1) is 11.3 Å². The minimum atomic E-state index is -0.108. The Bertz CT molecular complexity index is 879. The van der Waals surface area contributed by atoms with Crippen LogP contribution in [0.1, 0.15) is 22.0 Å². The summed E-state index contributed by atoms with van der Waals surface area (Å²) in [5.41, 5.74) is 2.96. The van der Waals surface area contributed by atoms with Gasteiger partial charge in [0.15, 0.2) is 6.54 Å². The molecule has 26 heavy (non-hydrogen) atoms. The minimum absolute atomic E-state index is 0.0852. The first-order chi connectivity index (χ1) is 12.5. The van der Waals surface area contributed by atoms with Crippen LogP contribution in [0.2, 0.25) is 10.0 Å². The van der Waals surface area contributed by atoms with Crippen molar-refractivity contribution in [2.24, 2.45) is 0 Å². The molecule has 3 rings (SSSR count). The maximum atomic E-state index is 12.4. The van der Waals surface area contributed by atoms with Crippen molar-refractivity contribution in [1.82, 2.24) is 0 Å². The molecule has 0 bridgehead atoms. The number of nitrogens with one attached hydrogen (secondary N) is 1. The lowest BCUT2D eigenvalue weighted by Gasteiger charge is -2.15. The van der Waals surface area contributed by atoms with Gasteiger partial charge in [-0.25, -0.2) is 0 Å². The Morgan fingerprint density at radius 3 is 2.58 bits per heavy atom. The standard InChI is InChI=1S/C20H18Cl2N2OS/c1-13-4-6-14(7-5-13)20(18-3-2-10-26-18)23-12-19(25)24-17-9-8-15(21)11-16(17)22/h2-11,20,23H,12H2,1H3,(H,24,25)/p+1/t20-/m1/s1. The molecule has 0 saturated heterocycles. The average Bonchev–Trinajstić information content (AvgIpc) is 3.13. The van der Waals surface area contributed by atoms with Crippen LogP contribution in [0.15, 0.2) is 60.0 Å². The third-order valence-electron chi connectivity index (χ3n) is 4.03. The van der Waals surface area contributed by atoms with Gasteiger partial charge in [0, 0.05) is 10.6 Å². The van der Waals surface area contributed by atoms with E-state index in [0.29, 0.717) is 15.7 Å². The van der Waals surface area contributed by atoms with Gasteiger partial charge in [0.2, 0.25) is 0 Å². The van der Waals surface area contributed by atoms with Crippen LogP contribution in [0.5, 0.6) is 0 Å². The van der Waals surface area contributed by atoms with Gasteiger partial charge in [-0.2, -0.15) is 0 Å². The Balaban J connectivity index is 1.69. The fourth-order valence-corrected chi connectivity index (χ4v) is 3.98. The fourth-order valence-electron chi connectivity index (χ4n) is 2.68. The molecule has 0 radical (unpaired) electrons.